The van der Waals surface area contributed by atoms with E-state index in [0.29, 0.717) is 17.2 Å². The zero-order valence-electron chi connectivity index (χ0n) is 16.3. The molecule has 0 radical (unpaired) electrons. The fourth-order valence-corrected chi connectivity index (χ4v) is 3.28. The molecule has 30 heavy (non-hydrogen) atoms. The Morgan fingerprint density at radius 1 is 1.07 bits per heavy atom. The highest BCUT2D eigenvalue weighted by atomic mass is 35.5. The number of nitrogens with one attached hydrogen (secondary N) is 2. The van der Waals surface area contributed by atoms with Gasteiger partial charge in [0.1, 0.15) is 6.04 Å². The molecule has 0 aromatic heterocycles. The molecule has 9 heteroatoms. The van der Waals surface area contributed by atoms with Crippen LogP contribution in [0, 0.1) is 0 Å². The van der Waals surface area contributed by atoms with E-state index in [-0.39, 0.29) is 17.1 Å². The van der Waals surface area contributed by atoms with E-state index in [1.807, 2.05) is 6.26 Å². The third kappa shape index (κ3) is 7.89. The summed E-state index contributed by atoms with van der Waals surface area (Å²) in [6, 6.07) is 12.7. The van der Waals surface area contributed by atoms with Crippen molar-refractivity contribution >= 4 is 52.7 Å². The lowest BCUT2D eigenvalue weighted by Gasteiger charge is -2.17. The second-order valence-corrected chi connectivity index (χ2v) is 8.13. The van der Waals surface area contributed by atoms with Gasteiger partial charge in [-0.3, -0.25) is 9.59 Å². The maximum atomic E-state index is 12.5. The highest BCUT2D eigenvalue weighted by Crippen LogP contribution is 2.15. The Balaban J connectivity index is 1.87. The van der Waals surface area contributed by atoms with Gasteiger partial charge in [0.25, 0.3) is 11.8 Å². The van der Waals surface area contributed by atoms with E-state index >= 15 is 0 Å². The summed E-state index contributed by atoms with van der Waals surface area (Å²) in [7, 11) is 0. The van der Waals surface area contributed by atoms with Crippen LogP contribution in [0.1, 0.15) is 22.3 Å². The van der Waals surface area contributed by atoms with Crippen LogP contribution in [-0.4, -0.2) is 42.4 Å². The first-order valence-electron chi connectivity index (χ1n) is 9.13. The normalized spacial score (nSPS) is 11.4. The molecule has 0 saturated heterocycles. The van der Waals surface area contributed by atoms with Gasteiger partial charge in [0, 0.05) is 11.6 Å². The van der Waals surface area contributed by atoms with E-state index < -0.39 is 30.4 Å². The Hall–Kier alpha value is -2.22. The predicted molar refractivity (Wildman–Crippen MR) is 120 cm³/mol. The van der Waals surface area contributed by atoms with Crippen molar-refractivity contribution in [1.29, 1.82) is 0 Å². The number of hydrogen-bond acceptors (Lipinski definition) is 5. The quantitative estimate of drug-likeness (QED) is 0.519. The van der Waals surface area contributed by atoms with Crippen molar-refractivity contribution in [2.45, 2.75) is 19.0 Å². The highest BCUT2D eigenvalue weighted by molar-refractivity contribution is 7.98. The Morgan fingerprint density at radius 2 is 1.77 bits per heavy atom. The largest absolute Gasteiger partial charge is 0.454 e. The number of halogens is 2. The molecule has 2 rings (SSSR count). The Bertz CT molecular complexity index is 878. The first-order valence-corrected chi connectivity index (χ1v) is 11.3. The number of thioether (sulfide) groups is 1. The molecule has 0 aliphatic rings. The van der Waals surface area contributed by atoms with Crippen LogP contribution in [0.2, 0.25) is 10.0 Å². The Labute approximate surface area is 189 Å². The molecule has 0 heterocycles. The lowest BCUT2D eigenvalue weighted by atomic mass is 10.1. The molecule has 2 aromatic rings. The van der Waals surface area contributed by atoms with Crippen LogP contribution in [0.25, 0.3) is 0 Å². The second-order valence-electron chi connectivity index (χ2n) is 6.30. The number of hydrogen-bond donors (Lipinski definition) is 2. The summed E-state index contributed by atoms with van der Waals surface area (Å²) >= 11 is 13.4. The molecule has 0 saturated carbocycles. The van der Waals surface area contributed by atoms with Crippen molar-refractivity contribution in [1.82, 2.24) is 10.6 Å². The minimum atomic E-state index is -0.884. The molecule has 0 bridgehead atoms. The molecule has 0 unspecified atom stereocenters. The molecule has 160 valence electrons. The Kier molecular flexibility index (Phi) is 10.00. The van der Waals surface area contributed by atoms with Gasteiger partial charge in [0.05, 0.1) is 10.6 Å². The smallest absolute Gasteiger partial charge is 0.329 e. The van der Waals surface area contributed by atoms with Gasteiger partial charge in [-0.25, -0.2) is 4.79 Å². The maximum Gasteiger partial charge on any atom is 0.329 e. The molecular formula is C21H22Cl2N2O4S. The number of carbonyl (C=O) groups excluding carboxylic acids is 3. The highest BCUT2D eigenvalue weighted by Gasteiger charge is 2.24. The summed E-state index contributed by atoms with van der Waals surface area (Å²) in [6.07, 6.45) is 2.26. The van der Waals surface area contributed by atoms with Crippen molar-refractivity contribution in [2.24, 2.45) is 0 Å². The van der Waals surface area contributed by atoms with Gasteiger partial charge in [-0.15, -0.1) is 0 Å². The number of rotatable bonds is 10. The molecule has 0 aliphatic carbocycles. The van der Waals surface area contributed by atoms with Gasteiger partial charge in [-0.2, -0.15) is 11.8 Å². The van der Waals surface area contributed by atoms with Crippen LogP contribution in [-0.2, 0) is 20.9 Å². The van der Waals surface area contributed by atoms with Crippen molar-refractivity contribution < 1.29 is 19.1 Å². The fourth-order valence-electron chi connectivity index (χ4n) is 2.46. The zero-order valence-corrected chi connectivity index (χ0v) is 18.7. The number of ether oxygens (including phenoxy) is 1. The summed E-state index contributed by atoms with van der Waals surface area (Å²) in [5.41, 5.74) is 1.13. The average molecular weight is 469 g/mol. The van der Waals surface area contributed by atoms with E-state index in [1.165, 1.54) is 11.8 Å². The van der Waals surface area contributed by atoms with Crippen molar-refractivity contribution in [3.05, 3.63) is 69.7 Å². The van der Waals surface area contributed by atoms with Crippen molar-refractivity contribution in [3.8, 4) is 0 Å². The summed E-state index contributed by atoms with van der Waals surface area (Å²) in [5, 5.41) is 6.19. The number of benzene rings is 2. The van der Waals surface area contributed by atoms with Crippen LogP contribution in [0.4, 0.5) is 0 Å². The van der Waals surface area contributed by atoms with E-state index in [0.717, 1.165) is 5.56 Å². The molecule has 0 spiro atoms. The Morgan fingerprint density at radius 3 is 2.43 bits per heavy atom. The average Bonchev–Trinajstić information content (AvgIpc) is 2.74. The molecular weight excluding hydrogens is 447 g/mol. The lowest BCUT2D eigenvalue weighted by molar-refractivity contribution is -0.150. The van der Waals surface area contributed by atoms with Crippen molar-refractivity contribution in [3.63, 3.8) is 0 Å². The molecule has 2 N–H and O–H groups in total. The van der Waals surface area contributed by atoms with Gasteiger partial charge >= 0.3 is 5.97 Å². The molecule has 6 nitrogen and oxygen atoms in total. The monoisotopic (exact) mass is 468 g/mol. The van der Waals surface area contributed by atoms with Crippen LogP contribution >= 0.6 is 35.0 Å². The molecule has 2 aromatic carbocycles. The first kappa shape index (κ1) is 24.1. The maximum absolute atomic E-state index is 12.5. The standard InChI is InChI=1S/C21H22Cl2N2O4S/c1-30-11-10-18(25-20(27)16-4-2-3-5-17(16)23)21(28)29-13-19(26)24-12-14-6-8-15(22)9-7-14/h2-9,18H,10-13H2,1H3,(H,24,26)(H,25,27)/t18-/m0/s1. The molecule has 1 atom stereocenters. The fraction of sp³-hybridized carbons (Fsp3) is 0.286. The molecule has 0 aliphatic heterocycles. The summed E-state index contributed by atoms with van der Waals surface area (Å²) < 4.78 is 5.11. The van der Waals surface area contributed by atoms with Gasteiger partial charge in [-0.05, 0) is 48.3 Å². The zero-order chi connectivity index (χ0) is 21.9. The van der Waals surface area contributed by atoms with E-state index in [2.05, 4.69) is 10.6 Å². The topological polar surface area (TPSA) is 84.5 Å². The van der Waals surface area contributed by atoms with E-state index in [9.17, 15) is 14.4 Å². The second kappa shape index (κ2) is 12.5. The lowest BCUT2D eigenvalue weighted by Crippen LogP contribution is -2.43. The number of carbonyl (C=O) groups is 3. The summed E-state index contributed by atoms with van der Waals surface area (Å²) in [6.45, 7) is -0.156. The van der Waals surface area contributed by atoms with Crippen LogP contribution < -0.4 is 10.6 Å². The number of esters is 1. The molecule has 2 amide bonds. The van der Waals surface area contributed by atoms with E-state index in [1.54, 1.807) is 48.5 Å². The SMILES string of the molecule is CSCC[C@H](NC(=O)c1ccccc1Cl)C(=O)OCC(=O)NCc1ccc(Cl)cc1. The number of amides is 2. The van der Waals surface area contributed by atoms with Gasteiger partial charge in [0.15, 0.2) is 6.61 Å². The molecule has 0 fully saturated rings. The van der Waals surface area contributed by atoms with Gasteiger partial charge in [0.2, 0.25) is 0 Å². The van der Waals surface area contributed by atoms with E-state index in [4.69, 9.17) is 27.9 Å². The minimum absolute atomic E-state index is 0.266. The first-order chi connectivity index (χ1) is 14.4. The van der Waals surface area contributed by atoms with Crippen LogP contribution in [0.15, 0.2) is 48.5 Å². The third-order valence-electron chi connectivity index (χ3n) is 4.07. The minimum Gasteiger partial charge on any atom is -0.454 e. The summed E-state index contributed by atoms with van der Waals surface area (Å²) in [5.74, 6) is -0.966. The van der Waals surface area contributed by atoms with Gasteiger partial charge in [-0.1, -0.05) is 47.5 Å². The van der Waals surface area contributed by atoms with Crippen molar-refractivity contribution in [2.75, 3.05) is 18.6 Å². The van der Waals surface area contributed by atoms with Gasteiger partial charge < -0.3 is 15.4 Å². The predicted octanol–water partition coefficient (Wildman–Crippen LogP) is 3.70. The third-order valence-corrected chi connectivity index (χ3v) is 5.29. The van der Waals surface area contributed by atoms with Crippen LogP contribution in [0.5, 0.6) is 0 Å². The van der Waals surface area contributed by atoms with Crippen LogP contribution in [0.3, 0.4) is 0 Å². The summed E-state index contributed by atoms with van der Waals surface area (Å²) in [4.78, 5) is 36.9.